The summed E-state index contributed by atoms with van der Waals surface area (Å²) < 4.78 is 40.8. The number of benzene rings is 2. The summed E-state index contributed by atoms with van der Waals surface area (Å²) in [5, 5.41) is 9.44. The minimum Gasteiger partial charge on any atom is -0.481 e. The van der Waals surface area contributed by atoms with Crippen molar-refractivity contribution in [1.29, 1.82) is 0 Å². The highest BCUT2D eigenvalue weighted by atomic mass is 35.5. The van der Waals surface area contributed by atoms with Crippen molar-refractivity contribution in [2.24, 2.45) is 0 Å². The molecule has 0 atom stereocenters. The molecule has 31 heavy (non-hydrogen) atoms. The van der Waals surface area contributed by atoms with E-state index in [1.165, 1.54) is 12.1 Å². The number of ether oxygens (including phenoxy) is 2. The van der Waals surface area contributed by atoms with Crippen molar-refractivity contribution in [3.63, 3.8) is 0 Å². The quantitative estimate of drug-likeness (QED) is 0.604. The van der Waals surface area contributed by atoms with Gasteiger partial charge in [-0.2, -0.15) is 0 Å². The van der Waals surface area contributed by atoms with Gasteiger partial charge in [0.1, 0.15) is 18.2 Å². The van der Waals surface area contributed by atoms with E-state index in [0.717, 1.165) is 0 Å². The predicted octanol–water partition coefficient (Wildman–Crippen LogP) is 4.96. The number of pyridine rings is 1. The van der Waals surface area contributed by atoms with Gasteiger partial charge in [-0.3, -0.25) is 4.79 Å². The topological polar surface area (TPSA) is 68.7 Å². The maximum atomic E-state index is 14.8. The SMILES string of the molecule is O=C(O)Cc1cc(F)c2cc1COCCc1cc(Cl)cc(F)c1COc1cccc-2n1. The van der Waals surface area contributed by atoms with E-state index in [4.69, 9.17) is 21.1 Å². The Kier molecular flexibility index (Phi) is 6.15. The summed E-state index contributed by atoms with van der Waals surface area (Å²) in [6.45, 7) is 0.236. The molecule has 0 amide bonds. The minimum absolute atomic E-state index is 0.0694. The first-order valence-corrected chi connectivity index (χ1v) is 9.96. The summed E-state index contributed by atoms with van der Waals surface area (Å²) >= 11 is 6.01. The number of nitrogens with zero attached hydrogens (tertiary/aromatic N) is 1. The van der Waals surface area contributed by atoms with E-state index < -0.39 is 17.6 Å². The van der Waals surface area contributed by atoms with E-state index in [-0.39, 0.29) is 42.7 Å². The van der Waals surface area contributed by atoms with Crippen LogP contribution in [0.15, 0.2) is 42.5 Å². The summed E-state index contributed by atoms with van der Waals surface area (Å²) in [5.74, 6) is -1.95. The molecule has 0 saturated heterocycles. The number of aliphatic carboxylic acids is 1. The minimum atomic E-state index is -1.07. The summed E-state index contributed by atoms with van der Waals surface area (Å²) in [7, 11) is 0. The van der Waals surface area contributed by atoms with Crippen LogP contribution in [0, 0.1) is 11.6 Å². The molecule has 5 nitrogen and oxygen atoms in total. The number of halogens is 3. The Morgan fingerprint density at radius 2 is 1.94 bits per heavy atom. The zero-order chi connectivity index (χ0) is 22.0. The number of hydrogen-bond acceptors (Lipinski definition) is 4. The number of hydrogen-bond donors (Lipinski definition) is 1. The second-order valence-electron chi connectivity index (χ2n) is 7.15. The molecule has 0 fully saturated rings. The van der Waals surface area contributed by atoms with Gasteiger partial charge in [-0.1, -0.05) is 17.7 Å². The lowest BCUT2D eigenvalue weighted by Gasteiger charge is -2.16. The number of fused-ring (bicyclic) bond motifs is 6. The fraction of sp³-hybridized carbons (Fsp3) is 0.217. The molecule has 4 rings (SSSR count). The standard InChI is InChI=1S/C23H18ClF2NO4/c24-16-6-13-4-5-30-11-15-7-17(19(25)8-14(15)9-23(28)29)21-2-1-3-22(27-21)31-12-18(13)20(26)10-16/h1-3,6-8,10H,4-5,9,11-12H2,(H,28,29). The lowest BCUT2D eigenvalue weighted by Crippen LogP contribution is -2.10. The Balaban J connectivity index is 1.78. The molecule has 1 aliphatic heterocycles. The van der Waals surface area contributed by atoms with Crippen LogP contribution in [0.1, 0.15) is 22.3 Å². The number of carbonyl (C=O) groups is 1. The van der Waals surface area contributed by atoms with Crippen LogP contribution in [0.3, 0.4) is 0 Å². The van der Waals surface area contributed by atoms with Crippen molar-refractivity contribution in [3.05, 3.63) is 81.4 Å². The van der Waals surface area contributed by atoms with Crippen molar-refractivity contribution in [2.45, 2.75) is 26.1 Å². The van der Waals surface area contributed by atoms with Gasteiger partial charge in [0, 0.05) is 22.2 Å². The molecule has 160 valence electrons. The summed E-state index contributed by atoms with van der Waals surface area (Å²) in [4.78, 5) is 15.6. The van der Waals surface area contributed by atoms with Crippen LogP contribution < -0.4 is 4.74 Å². The molecule has 3 aromatic rings. The molecule has 1 N–H and O–H groups in total. The molecule has 1 aliphatic rings. The van der Waals surface area contributed by atoms with Gasteiger partial charge in [0.05, 0.1) is 25.3 Å². The second-order valence-corrected chi connectivity index (χ2v) is 7.59. The van der Waals surface area contributed by atoms with Gasteiger partial charge >= 0.3 is 5.97 Å². The van der Waals surface area contributed by atoms with Gasteiger partial charge in [-0.05, 0) is 53.4 Å². The van der Waals surface area contributed by atoms with Crippen molar-refractivity contribution in [2.75, 3.05) is 6.61 Å². The third kappa shape index (κ3) is 4.84. The van der Waals surface area contributed by atoms with E-state index in [1.54, 1.807) is 30.3 Å². The number of carboxylic acid groups (broad SMARTS) is 1. The van der Waals surface area contributed by atoms with Crippen LogP contribution in [-0.2, 0) is 35.6 Å². The zero-order valence-corrected chi connectivity index (χ0v) is 17.1. The number of rotatable bonds is 2. The van der Waals surface area contributed by atoms with Gasteiger partial charge < -0.3 is 14.6 Å². The fourth-order valence-electron chi connectivity index (χ4n) is 3.51. The van der Waals surface area contributed by atoms with Crippen molar-refractivity contribution in [1.82, 2.24) is 4.98 Å². The number of aromatic nitrogens is 1. The molecule has 8 heteroatoms. The zero-order valence-electron chi connectivity index (χ0n) is 16.3. The molecule has 0 aliphatic carbocycles. The monoisotopic (exact) mass is 445 g/mol. The highest BCUT2D eigenvalue weighted by Crippen LogP contribution is 2.29. The average Bonchev–Trinajstić information content (AvgIpc) is 2.71. The summed E-state index contributed by atoms with van der Waals surface area (Å²) in [5.41, 5.74) is 2.36. The molecule has 0 saturated carbocycles. The highest BCUT2D eigenvalue weighted by molar-refractivity contribution is 6.30. The Labute approximate surface area is 182 Å². The van der Waals surface area contributed by atoms with E-state index in [2.05, 4.69) is 4.98 Å². The van der Waals surface area contributed by atoms with Gasteiger partial charge in [-0.15, -0.1) is 0 Å². The molecular weight excluding hydrogens is 428 g/mol. The summed E-state index contributed by atoms with van der Waals surface area (Å²) in [6, 6.07) is 10.5. The molecule has 0 spiro atoms. The molecule has 2 aromatic carbocycles. The normalized spacial score (nSPS) is 13.6. The lowest BCUT2D eigenvalue weighted by molar-refractivity contribution is -0.136. The third-order valence-electron chi connectivity index (χ3n) is 5.02. The first-order valence-electron chi connectivity index (χ1n) is 9.58. The largest absolute Gasteiger partial charge is 0.481 e. The number of carboxylic acids is 1. The molecule has 1 aromatic heterocycles. The summed E-state index contributed by atoms with van der Waals surface area (Å²) in [6.07, 6.45) is 0.0298. The Hall–Kier alpha value is -3.03. The first kappa shape index (κ1) is 21.2. The van der Waals surface area contributed by atoms with E-state index in [0.29, 0.717) is 34.4 Å². The molecule has 4 bridgehead atoms. The van der Waals surface area contributed by atoms with Gasteiger partial charge in [0.25, 0.3) is 0 Å². The van der Waals surface area contributed by atoms with Crippen LogP contribution in [0.4, 0.5) is 8.78 Å². The predicted molar refractivity (Wildman–Crippen MR) is 110 cm³/mol. The third-order valence-corrected chi connectivity index (χ3v) is 5.24. The Bertz CT molecular complexity index is 1150. The van der Waals surface area contributed by atoms with E-state index in [9.17, 15) is 18.7 Å². The Morgan fingerprint density at radius 3 is 2.74 bits per heavy atom. The highest BCUT2D eigenvalue weighted by Gasteiger charge is 2.17. The Morgan fingerprint density at radius 1 is 1.10 bits per heavy atom. The first-order chi connectivity index (χ1) is 14.9. The van der Waals surface area contributed by atoms with Crippen molar-refractivity contribution < 1.29 is 28.2 Å². The smallest absolute Gasteiger partial charge is 0.307 e. The fourth-order valence-corrected chi connectivity index (χ4v) is 3.74. The van der Waals surface area contributed by atoms with Crippen LogP contribution in [-0.4, -0.2) is 22.7 Å². The van der Waals surface area contributed by atoms with E-state index >= 15 is 0 Å². The lowest BCUT2D eigenvalue weighted by atomic mass is 9.99. The second kappa shape index (κ2) is 8.99. The van der Waals surface area contributed by atoms with Crippen LogP contribution in [0.5, 0.6) is 5.88 Å². The van der Waals surface area contributed by atoms with Gasteiger partial charge in [0.15, 0.2) is 0 Å². The molecule has 2 heterocycles. The van der Waals surface area contributed by atoms with Crippen molar-refractivity contribution in [3.8, 4) is 17.1 Å². The maximum absolute atomic E-state index is 14.8. The van der Waals surface area contributed by atoms with Crippen LogP contribution >= 0.6 is 11.6 Å². The van der Waals surface area contributed by atoms with Crippen LogP contribution in [0.25, 0.3) is 11.3 Å². The van der Waals surface area contributed by atoms with Crippen LogP contribution in [0.2, 0.25) is 5.02 Å². The van der Waals surface area contributed by atoms with Gasteiger partial charge in [0.2, 0.25) is 5.88 Å². The van der Waals surface area contributed by atoms with Crippen molar-refractivity contribution >= 4 is 17.6 Å². The maximum Gasteiger partial charge on any atom is 0.307 e. The van der Waals surface area contributed by atoms with E-state index in [1.807, 2.05) is 0 Å². The molecular formula is C23H18ClF2NO4. The van der Waals surface area contributed by atoms with Gasteiger partial charge in [-0.25, -0.2) is 13.8 Å². The molecule has 0 unspecified atom stereocenters. The average molecular weight is 446 g/mol. The molecule has 0 radical (unpaired) electrons.